The molecule has 2 N–H and O–H groups in total. The highest BCUT2D eigenvalue weighted by Gasteiger charge is 2.12. The number of ketones is 1. The molecule has 0 aliphatic heterocycles. The molecule has 0 saturated heterocycles. The highest BCUT2D eigenvalue weighted by Crippen LogP contribution is 2.17. The maximum atomic E-state index is 12.0. The highest BCUT2D eigenvalue weighted by molar-refractivity contribution is 5.97. The van der Waals surface area contributed by atoms with Crippen LogP contribution in [0.1, 0.15) is 40.4 Å². The zero-order valence-corrected chi connectivity index (χ0v) is 14.5. The molecule has 1 unspecified atom stereocenters. The normalized spacial score (nSPS) is 11.6. The molecular formula is C20H23NO4. The number of nitrogens with one attached hydrogen (secondary N) is 1. The Morgan fingerprint density at radius 3 is 2.28 bits per heavy atom. The lowest BCUT2D eigenvalue weighted by Gasteiger charge is -2.12. The summed E-state index contributed by atoms with van der Waals surface area (Å²) in [5.41, 5.74) is 2.38. The Morgan fingerprint density at radius 2 is 1.68 bits per heavy atom. The van der Waals surface area contributed by atoms with Crippen molar-refractivity contribution < 1.29 is 19.4 Å². The van der Waals surface area contributed by atoms with Gasteiger partial charge in [-0.1, -0.05) is 42.0 Å². The maximum Gasteiger partial charge on any atom is 0.220 e. The number of benzene rings is 2. The van der Waals surface area contributed by atoms with Gasteiger partial charge in [0.1, 0.15) is 5.75 Å². The number of rotatable bonds is 8. The third kappa shape index (κ3) is 5.72. The van der Waals surface area contributed by atoms with Crippen molar-refractivity contribution >= 4 is 11.7 Å². The number of ether oxygens (including phenoxy) is 1. The van der Waals surface area contributed by atoms with Gasteiger partial charge in [0.2, 0.25) is 5.91 Å². The molecule has 0 heterocycles. The first-order valence-corrected chi connectivity index (χ1v) is 8.18. The molecule has 2 rings (SSSR count). The van der Waals surface area contributed by atoms with Gasteiger partial charge in [-0.25, -0.2) is 0 Å². The van der Waals surface area contributed by atoms with Gasteiger partial charge in [0.15, 0.2) is 5.78 Å². The summed E-state index contributed by atoms with van der Waals surface area (Å²) in [6.45, 7) is 2.06. The van der Waals surface area contributed by atoms with Gasteiger partial charge in [0, 0.05) is 24.9 Å². The van der Waals surface area contributed by atoms with Gasteiger partial charge in [-0.05, 0) is 24.6 Å². The second-order valence-corrected chi connectivity index (χ2v) is 5.88. The van der Waals surface area contributed by atoms with Gasteiger partial charge in [-0.3, -0.25) is 9.59 Å². The summed E-state index contributed by atoms with van der Waals surface area (Å²) in [6.07, 6.45) is -0.557. The molecule has 5 heteroatoms. The summed E-state index contributed by atoms with van der Waals surface area (Å²) >= 11 is 0. The number of hydrogen-bond acceptors (Lipinski definition) is 4. The van der Waals surface area contributed by atoms with Crippen molar-refractivity contribution in [3.8, 4) is 5.75 Å². The Bertz CT molecular complexity index is 707. The van der Waals surface area contributed by atoms with Gasteiger partial charge >= 0.3 is 0 Å². The third-order valence-corrected chi connectivity index (χ3v) is 3.95. The van der Waals surface area contributed by atoms with Crippen molar-refractivity contribution in [2.75, 3.05) is 13.7 Å². The van der Waals surface area contributed by atoms with E-state index in [4.69, 9.17) is 4.74 Å². The average Bonchev–Trinajstić information content (AvgIpc) is 2.64. The molecule has 0 aliphatic rings. The first-order chi connectivity index (χ1) is 12.0. The van der Waals surface area contributed by atoms with E-state index in [0.29, 0.717) is 16.9 Å². The minimum Gasteiger partial charge on any atom is -0.497 e. The minimum atomic E-state index is -0.803. The summed E-state index contributed by atoms with van der Waals surface area (Å²) in [7, 11) is 1.57. The molecule has 1 atom stereocenters. The number of hydrogen-bond donors (Lipinski definition) is 2. The van der Waals surface area contributed by atoms with E-state index < -0.39 is 6.10 Å². The molecule has 0 fully saturated rings. The van der Waals surface area contributed by atoms with Gasteiger partial charge in [0.25, 0.3) is 0 Å². The summed E-state index contributed by atoms with van der Waals surface area (Å²) in [4.78, 5) is 23.9. The fraction of sp³-hybridized carbons (Fsp3) is 0.300. The standard InChI is InChI=1S/C20H23NO4/c1-14-3-5-15(6-4-14)18(22)11-12-20(24)21-13-19(23)16-7-9-17(25-2)10-8-16/h3-10,19,23H,11-13H2,1-2H3,(H,21,24). The van der Waals surface area contributed by atoms with Crippen LogP contribution in [0, 0.1) is 6.92 Å². The molecule has 0 saturated carbocycles. The smallest absolute Gasteiger partial charge is 0.220 e. The molecular weight excluding hydrogens is 318 g/mol. The third-order valence-electron chi connectivity index (χ3n) is 3.95. The molecule has 25 heavy (non-hydrogen) atoms. The largest absolute Gasteiger partial charge is 0.497 e. The van der Waals surface area contributed by atoms with E-state index in [1.807, 2.05) is 19.1 Å². The van der Waals surface area contributed by atoms with Crippen LogP contribution in [0.3, 0.4) is 0 Å². The molecule has 1 amide bonds. The van der Waals surface area contributed by atoms with Crippen LogP contribution >= 0.6 is 0 Å². The summed E-state index contributed by atoms with van der Waals surface area (Å²) in [5, 5.41) is 12.7. The second-order valence-electron chi connectivity index (χ2n) is 5.88. The van der Waals surface area contributed by atoms with Crippen LogP contribution in [0.25, 0.3) is 0 Å². The van der Waals surface area contributed by atoms with E-state index in [1.54, 1.807) is 43.5 Å². The molecule has 2 aromatic rings. The first-order valence-electron chi connectivity index (χ1n) is 8.18. The van der Waals surface area contributed by atoms with Crippen LogP contribution in [-0.4, -0.2) is 30.5 Å². The van der Waals surface area contributed by atoms with Crippen LogP contribution in [0.15, 0.2) is 48.5 Å². The van der Waals surface area contributed by atoms with Gasteiger partial charge < -0.3 is 15.2 Å². The SMILES string of the molecule is COc1ccc(C(O)CNC(=O)CCC(=O)c2ccc(C)cc2)cc1. The Labute approximate surface area is 147 Å². The minimum absolute atomic E-state index is 0.0640. The van der Waals surface area contributed by atoms with E-state index in [-0.39, 0.29) is 31.1 Å². The number of aliphatic hydroxyl groups is 1. The zero-order chi connectivity index (χ0) is 18.2. The number of carbonyl (C=O) groups excluding carboxylic acids is 2. The predicted molar refractivity (Wildman–Crippen MR) is 95.7 cm³/mol. The lowest BCUT2D eigenvalue weighted by atomic mass is 10.0. The van der Waals surface area contributed by atoms with Crippen molar-refractivity contribution in [3.05, 3.63) is 65.2 Å². The maximum absolute atomic E-state index is 12.0. The first kappa shape index (κ1) is 18.7. The van der Waals surface area contributed by atoms with Crippen molar-refractivity contribution in [2.24, 2.45) is 0 Å². The van der Waals surface area contributed by atoms with E-state index in [1.165, 1.54) is 0 Å². The Hall–Kier alpha value is -2.66. The number of amides is 1. The number of aliphatic hydroxyl groups excluding tert-OH is 1. The lowest BCUT2D eigenvalue weighted by molar-refractivity contribution is -0.121. The fourth-order valence-corrected chi connectivity index (χ4v) is 2.35. The Balaban J connectivity index is 1.76. The molecule has 5 nitrogen and oxygen atoms in total. The Kier molecular flexibility index (Phi) is 6.71. The van der Waals surface area contributed by atoms with Crippen LogP contribution < -0.4 is 10.1 Å². The number of aryl methyl sites for hydroxylation is 1. The molecule has 0 spiro atoms. The molecule has 132 valence electrons. The highest BCUT2D eigenvalue weighted by atomic mass is 16.5. The topological polar surface area (TPSA) is 75.6 Å². The summed E-state index contributed by atoms with van der Waals surface area (Å²) in [5.74, 6) is 0.383. The summed E-state index contributed by atoms with van der Waals surface area (Å²) < 4.78 is 5.06. The fourth-order valence-electron chi connectivity index (χ4n) is 2.35. The Morgan fingerprint density at radius 1 is 1.04 bits per heavy atom. The van der Waals surface area contributed by atoms with E-state index >= 15 is 0 Å². The quantitative estimate of drug-likeness (QED) is 0.724. The van der Waals surface area contributed by atoms with E-state index in [9.17, 15) is 14.7 Å². The molecule has 0 aliphatic carbocycles. The number of methoxy groups -OCH3 is 1. The predicted octanol–water partition coefficient (Wildman–Crippen LogP) is 2.82. The molecule has 0 radical (unpaired) electrons. The van der Waals surface area contributed by atoms with Gasteiger partial charge in [-0.2, -0.15) is 0 Å². The van der Waals surface area contributed by atoms with Gasteiger partial charge in [-0.15, -0.1) is 0 Å². The van der Waals surface area contributed by atoms with Crippen molar-refractivity contribution in [2.45, 2.75) is 25.9 Å². The van der Waals surface area contributed by atoms with Crippen LogP contribution in [-0.2, 0) is 4.79 Å². The molecule has 0 bridgehead atoms. The molecule has 0 aromatic heterocycles. The van der Waals surface area contributed by atoms with Crippen molar-refractivity contribution in [1.29, 1.82) is 0 Å². The monoisotopic (exact) mass is 341 g/mol. The van der Waals surface area contributed by atoms with Crippen LogP contribution in [0.5, 0.6) is 5.75 Å². The number of Topliss-reactive ketones (excluding diaryl/α,β-unsaturated/α-hetero) is 1. The number of carbonyl (C=O) groups is 2. The van der Waals surface area contributed by atoms with Crippen LogP contribution in [0.2, 0.25) is 0 Å². The molecule has 2 aromatic carbocycles. The average molecular weight is 341 g/mol. The van der Waals surface area contributed by atoms with Crippen molar-refractivity contribution in [1.82, 2.24) is 5.32 Å². The lowest BCUT2D eigenvalue weighted by Crippen LogP contribution is -2.28. The summed E-state index contributed by atoms with van der Waals surface area (Å²) in [6, 6.07) is 14.3. The second kappa shape index (κ2) is 8.99. The van der Waals surface area contributed by atoms with Crippen molar-refractivity contribution in [3.63, 3.8) is 0 Å². The van der Waals surface area contributed by atoms with Gasteiger partial charge in [0.05, 0.1) is 13.2 Å². The van der Waals surface area contributed by atoms with E-state index in [0.717, 1.165) is 5.56 Å². The zero-order valence-electron chi connectivity index (χ0n) is 14.5. The van der Waals surface area contributed by atoms with E-state index in [2.05, 4.69) is 5.32 Å². The van der Waals surface area contributed by atoms with Crippen LogP contribution in [0.4, 0.5) is 0 Å².